The molecule has 0 aromatic heterocycles. The molecule has 0 aliphatic carbocycles. The van der Waals surface area contributed by atoms with Crippen molar-refractivity contribution < 1.29 is 14.3 Å². The summed E-state index contributed by atoms with van der Waals surface area (Å²) in [6, 6.07) is 21.1. The Labute approximate surface area is 215 Å². The summed E-state index contributed by atoms with van der Waals surface area (Å²) in [5.41, 5.74) is 3.74. The topological polar surface area (TPSA) is 51.1 Å². The van der Waals surface area contributed by atoms with Crippen molar-refractivity contribution in [3.63, 3.8) is 0 Å². The number of amidine groups is 1. The van der Waals surface area contributed by atoms with Gasteiger partial charge < -0.3 is 9.47 Å². The van der Waals surface area contributed by atoms with Crippen LogP contribution in [0.25, 0.3) is 6.08 Å². The van der Waals surface area contributed by atoms with Crippen LogP contribution in [-0.4, -0.2) is 29.6 Å². The van der Waals surface area contributed by atoms with Crippen LogP contribution in [0.4, 0.5) is 5.69 Å². The summed E-state index contributed by atoms with van der Waals surface area (Å²) in [5, 5.41) is 1.35. The van der Waals surface area contributed by atoms with Gasteiger partial charge in [0.25, 0.3) is 5.91 Å². The first-order valence-electron chi connectivity index (χ1n) is 11.4. The number of nitrogens with zero attached hydrogens (tertiary/aromatic N) is 2. The van der Waals surface area contributed by atoms with E-state index in [1.165, 1.54) is 17.3 Å². The summed E-state index contributed by atoms with van der Waals surface area (Å²) in [6.07, 6.45) is 2.71. The van der Waals surface area contributed by atoms with Crippen molar-refractivity contribution in [3.8, 4) is 11.5 Å². The summed E-state index contributed by atoms with van der Waals surface area (Å²) < 4.78 is 11.5. The van der Waals surface area contributed by atoms with E-state index in [4.69, 9.17) is 26.1 Å². The highest BCUT2D eigenvalue weighted by Gasteiger charge is 2.32. The maximum absolute atomic E-state index is 13.2. The minimum Gasteiger partial charge on any atom is -0.493 e. The van der Waals surface area contributed by atoms with Crippen molar-refractivity contribution in [2.45, 2.75) is 26.9 Å². The lowest BCUT2D eigenvalue weighted by Gasteiger charge is -2.14. The van der Waals surface area contributed by atoms with Crippen LogP contribution in [0.2, 0.25) is 5.02 Å². The zero-order valence-corrected chi connectivity index (χ0v) is 21.5. The van der Waals surface area contributed by atoms with Crippen molar-refractivity contribution in [1.29, 1.82) is 0 Å². The number of rotatable bonds is 8. The lowest BCUT2D eigenvalue weighted by Crippen LogP contribution is -2.29. The predicted molar refractivity (Wildman–Crippen MR) is 145 cm³/mol. The molecule has 0 saturated carbocycles. The molecule has 1 saturated heterocycles. The number of aliphatic imine (C=N–C) groups is 1. The van der Waals surface area contributed by atoms with Crippen LogP contribution in [0.3, 0.4) is 0 Å². The number of hydrogen-bond donors (Lipinski definition) is 0. The summed E-state index contributed by atoms with van der Waals surface area (Å²) in [4.78, 5) is 20.3. The Hall–Kier alpha value is -3.22. The molecule has 0 atom stereocenters. The highest BCUT2D eigenvalue weighted by molar-refractivity contribution is 8.18. The number of aryl methyl sites for hydroxylation is 1. The first kappa shape index (κ1) is 24.9. The van der Waals surface area contributed by atoms with Crippen LogP contribution < -0.4 is 9.47 Å². The van der Waals surface area contributed by atoms with E-state index in [-0.39, 0.29) is 5.91 Å². The third-order valence-electron chi connectivity index (χ3n) is 5.42. The molecule has 0 radical (unpaired) electrons. The summed E-state index contributed by atoms with van der Waals surface area (Å²) in [6.45, 7) is 5.04. The van der Waals surface area contributed by atoms with Gasteiger partial charge in [-0.2, -0.15) is 0 Å². The van der Waals surface area contributed by atoms with Crippen LogP contribution in [0, 0.1) is 6.92 Å². The zero-order valence-electron chi connectivity index (χ0n) is 20.0. The molecule has 1 aliphatic heterocycles. The molecular formula is C28H27ClN2O3S. The van der Waals surface area contributed by atoms with Gasteiger partial charge >= 0.3 is 0 Å². The average molecular weight is 507 g/mol. The number of halogens is 1. The Morgan fingerprint density at radius 1 is 1.06 bits per heavy atom. The number of methoxy groups -OCH3 is 1. The maximum Gasteiger partial charge on any atom is 0.266 e. The van der Waals surface area contributed by atoms with Crippen LogP contribution in [0.5, 0.6) is 11.5 Å². The van der Waals surface area contributed by atoms with Crippen molar-refractivity contribution in [2.75, 3.05) is 13.7 Å². The number of thioether (sulfide) groups is 1. The summed E-state index contributed by atoms with van der Waals surface area (Å²) >= 11 is 7.62. The summed E-state index contributed by atoms with van der Waals surface area (Å²) in [5.74, 6) is 1.15. The third-order valence-corrected chi connectivity index (χ3v) is 6.80. The van der Waals surface area contributed by atoms with Gasteiger partial charge in [0, 0.05) is 17.1 Å². The molecule has 0 spiro atoms. The highest BCUT2D eigenvalue weighted by atomic mass is 35.5. The van der Waals surface area contributed by atoms with Crippen LogP contribution in [-0.2, 0) is 11.4 Å². The molecule has 1 amide bonds. The number of hydrogen-bond acceptors (Lipinski definition) is 5. The fourth-order valence-corrected chi connectivity index (χ4v) is 4.77. The molecular weight excluding hydrogens is 480 g/mol. The first-order valence-corrected chi connectivity index (χ1v) is 12.6. The highest BCUT2D eigenvalue weighted by Crippen LogP contribution is 2.36. The van der Waals surface area contributed by atoms with E-state index >= 15 is 0 Å². The molecule has 0 bridgehead atoms. The SMILES string of the molecule is CCCN1C(=O)/C(=C\c2ccc(OCc3ccccc3Cl)c(OC)c2)SC1=Nc1ccc(C)cc1. The molecule has 5 nitrogen and oxygen atoms in total. The smallest absolute Gasteiger partial charge is 0.266 e. The quantitative estimate of drug-likeness (QED) is 0.302. The van der Waals surface area contributed by atoms with E-state index in [1.54, 1.807) is 12.0 Å². The Morgan fingerprint density at radius 2 is 1.83 bits per heavy atom. The second-order valence-electron chi connectivity index (χ2n) is 8.09. The van der Waals surface area contributed by atoms with Gasteiger partial charge in [0.2, 0.25) is 0 Å². The lowest BCUT2D eigenvalue weighted by atomic mass is 10.1. The van der Waals surface area contributed by atoms with Crippen molar-refractivity contribution in [2.24, 2.45) is 4.99 Å². The standard InChI is InChI=1S/C28H27ClN2O3S/c1-4-15-31-27(32)26(35-28(31)30-22-12-9-19(2)10-13-22)17-20-11-14-24(25(16-20)33-3)34-18-21-7-5-6-8-23(21)29/h5-14,16-17H,4,15,18H2,1-3H3/b26-17+,30-28?. The zero-order chi connectivity index (χ0) is 24.8. The molecule has 1 fully saturated rings. The minimum atomic E-state index is -0.0410. The fourth-order valence-electron chi connectivity index (χ4n) is 3.56. The third kappa shape index (κ3) is 6.08. The van der Waals surface area contributed by atoms with Crippen LogP contribution >= 0.6 is 23.4 Å². The van der Waals surface area contributed by atoms with Crippen molar-refractivity contribution >= 4 is 46.2 Å². The normalized spacial score (nSPS) is 15.8. The Balaban J connectivity index is 1.56. The Morgan fingerprint density at radius 3 is 2.54 bits per heavy atom. The average Bonchev–Trinajstić information content (AvgIpc) is 3.14. The van der Waals surface area contributed by atoms with Gasteiger partial charge in [-0.05, 0) is 67.1 Å². The number of carbonyl (C=O) groups is 1. The molecule has 0 N–H and O–H groups in total. The first-order chi connectivity index (χ1) is 17.0. The van der Waals surface area contributed by atoms with E-state index in [0.717, 1.165) is 23.2 Å². The number of ether oxygens (including phenoxy) is 2. The van der Waals surface area contributed by atoms with E-state index in [2.05, 4.69) is 6.92 Å². The molecule has 3 aromatic rings. The second-order valence-corrected chi connectivity index (χ2v) is 9.50. The monoisotopic (exact) mass is 506 g/mol. The Bertz CT molecular complexity index is 1270. The van der Waals surface area contributed by atoms with Crippen LogP contribution in [0.1, 0.15) is 30.0 Å². The number of amides is 1. The largest absolute Gasteiger partial charge is 0.493 e. The van der Waals surface area contributed by atoms with Gasteiger partial charge in [-0.3, -0.25) is 9.69 Å². The maximum atomic E-state index is 13.2. The molecule has 35 heavy (non-hydrogen) atoms. The molecule has 1 heterocycles. The molecule has 4 rings (SSSR count). The second kappa shape index (κ2) is 11.5. The van der Waals surface area contributed by atoms with Crippen molar-refractivity contribution in [3.05, 3.63) is 93.3 Å². The Kier molecular flexibility index (Phi) is 8.16. The number of benzene rings is 3. The molecule has 3 aromatic carbocycles. The number of carbonyl (C=O) groups excluding carboxylic acids is 1. The van der Waals surface area contributed by atoms with Crippen molar-refractivity contribution in [1.82, 2.24) is 4.90 Å². The van der Waals surface area contributed by atoms with Gasteiger partial charge in [0.05, 0.1) is 17.7 Å². The molecule has 7 heteroatoms. The fraction of sp³-hybridized carbons (Fsp3) is 0.214. The van der Waals surface area contributed by atoms with Gasteiger partial charge in [0.1, 0.15) is 6.61 Å². The van der Waals surface area contributed by atoms with E-state index in [0.29, 0.717) is 39.7 Å². The molecule has 1 aliphatic rings. The van der Waals surface area contributed by atoms with Gasteiger partial charge in [0.15, 0.2) is 16.7 Å². The van der Waals surface area contributed by atoms with Gasteiger partial charge in [-0.15, -0.1) is 0 Å². The lowest BCUT2D eigenvalue weighted by molar-refractivity contribution is -0.122. The van der Waals surface area contributed by atoms with Gasteiger partial charge in [-0.1, -0.05) is 60.5 Å². The molecule has 0 unspecified atom stereocenters. The van der Waals surface area contributed by atoms with E-state index in [9.17, 15) is 4.79 Å². The van der Waals surface area contributed by atoms with E-state index < -0.39 is 0 Å². The van der Waals surface area contributed by atoms with Gasteiger partial charge in [-0.25, -0.2) is 4.99 Å². The predicted octanol–water partition coefficient (Wildman–Crippen LogP) is 7.25. The molecule has 180 valence electrons. The minimum absolute atomic E-state index is 0.0410. The van der Waals surface area contributed by atoms with Crippen LogP contribution in [0.15, 0.2) is 76.6 Å². The summed E-state index contributed by atoms with van der Waals surface area (Å²) in [7, 11) is 1.60. The van der Waals surface area contributed by atoms with E-state index in [1.807, 2.05) is 79.7 Å².